The van der Waals surface area contributed by atoms with Crippen LogP contribution >= 0.6 is 0 Å². The molecular weight excluding hydrogens is 316 g/mol. The maximum Gasteiger partial charge on any atom is 0.255 e. The molecule has 2 aromatic carbocycles. The molecule has 0 fully saturated rings. The van der Waals surface area contributed by atoms with E-state index in [9.17, 15) is 13.2 Å². The Labute approximate surface area is 135 Å². The van der Waals surface area contributed by atoms with Crippen molar-refractivity contribution in [2.45, 2.75) is 18.7 Å². The minimum atomic E-state index is -4.00. The first-order chi connectivity index (χ1) is 10.7. The molecule has 7 heteroatoms. The molecule has 0 aliphatic heterocycles. The molecule has 0 saturated carbocycles. The number of rotatable bonds is 4. The van der Waals surface area contributed by atoms with Gasteiger partial charge in [0.1, 0.15) is 10.6 Å². The summed E-state index contributed by atoms with van der Waals surface area (Å²) in [6.07, 6.45) is 0. The van der Waals surface area contributed by atoms with E-state index in [-0.39, 0.29) is 16.2 Å². The van der Waals surface area contributed by atoms with Gasteiger partial charge in [-0.05, 0) is 43.2 Å². The number of carbonyl (C=O) groups is 1. The third kappa shape index (κ3) is 3.69. The molecule has 0 radical (unpaired) electrons. The van der Waals surface area contributed by atoms with Crippen molar-refractivity contribution in [2.75, 3.05) is 12.4 Å². The van der Waals surface area contributed by atoms with Crippen LogP contribution in [0.3, 0.4) is 0 Å². The second-order valence-electron chi connectivity index (χ2n) is 5.13. The Kier molecular flexibility index (Phi) is 4.72. The summed E-state index contributed by atoms with van der Waals surface area (Å²) in [5.41, 5.74) is 2.71. The molecule has 0 heterocycles. The number of benzene rings is 2. The number of hydrogen-bond acceptors (Lipinski definition) is 4. The fourth-order valence-electron chi connectivity index (χ4n) is 2.24. The Morgan fingerprint density at radius 2 is 1.74 bits per heavy atom. The number of para-hydroxylation sites is 1. The number of amides is 1. The maximum atomic E-state index is 12.4. The molecule has 1 amide bonds. The highest BCUT2D eigenvalue weighted by Crippen LogP contribution is 2.25. The van der Waals surface area contributed by atoms with Gasteiger partial charge in [0.2, 0.25) is 10.0 Å². The summed E-state index contributed by atoms with van der Waals surface area (Å²) in [6, 6.07) is 9.75. The summed E-state index contributed by atoms with van der Waals surface area (Å²) in [6.45, 7) is 3.76. The molecule has 3 N–H and O–H groups in total. The minimum Gasteiger partial charge on any atom is -0.495 e. The Morgan fingerprint density at radius 1 is 1.13 bits per heavy atom. The van der Waals surface area contributed by atoms with Crippen molar-refractivity contribution >= 4 is 21.6 Å². The molecule has 23 heavy (non-hydrogen) atoms. The van der Waals surface area contributed by atoms with Gasteiger partial charge in [-0.15, -0.1) is 0 Å². The number of nitrogens with two attached hydrogens (primary N) is 1. The predicted molar refractivity (Wildman–Crippen MR) is 88.2 cm³/mol. The van der Waals surface area contributed by atoms with Crippen LogP contribution in [0.2, 0.25) is 0 Å². The Balaban J connectivity index is 2.41. The number of aryl methyl sites for hydroxylation is 2. The molecule has 0 atom stereocenters. The SMILES string of the molecule is COc1ccc(C(=O)Nc2c(C)cccc2C)cc1S(N)(=O)=O. The van der Waals surface area contributed by atoms with E-state index in [1.807, 2.05) is 32.0 Å². The van der Waals surface area contributed by atoms with Crippen molar-refractivity contribution in [1.82, 2.24) is 0 Å². The monoisotopic (exact) mass is 334 g/mol. The highest BCUT2D eigenvalue weighted by Gasteiger charge is 2.18. The molecule has 0 saturated heterocycles. The summed E-state index contributed by atoms with van der Waals surface area (Å²) in [7, 11) is -2.66. The lowest BCUT2D eigenvalue weighted by atomic mass is 10.1. The van der Waals surface area contributed by atoms with Gasteiger partial charge in [-0.2, -0.15) is 0 Å². The zero-order valence-corrected chi connectivity index (χ0v) is 13.9. The van der Waals surface area contributed by atoms with Crippen molar-refractivity contribution < 1.29 is 17.9 Å². The first-order valence-electron chi connectivity index (χ1n) is 6.82. The number of nitrogens with one attached hydrogen (secondary N) is 1. The average Bonchev–Trinajstić information content (AvgIpc) is 2.49. The second kappa shape index (κ2) is 6.39. The number of ether oxygens (including phenoxy) is 1. The summed E-state index contributed by atoms with van der Waals surface area (Å²) in [5, 5.41) is 7.96. The van der Waals surface area contributed by atoms with Crippen LogP contribution in [0.1, 0.15) is 21.5 Å². The average molecular weight is 334 g/mol. The molecule has 0 aliphatic carbocycles. The largest absolute Gasteiger partial charge is 0.495 e. The van der Waals surface area contributed by atoms with Crippen molar-refractivity contribution in [2.24, 2.45) is 5.14 Å². The zero-order valence-electron chi connectivity index (χ0n) is 13.1. The fourth-order valence-corrected chi connectivity index (χ4v) is 2.96. The standard InChI is InChI=1S/C16H18N2O4S/c1-10-5-4-6-11(2)15(10)18-16(19)12-7-8-13(22-3)14(9-12)23(17,20)21/h4-9H,1-3H3,(H,18,19)(H2,17,20,21). The first kappa shape index (κ1) is 17.0. The van der Waals surface area contributed by atoms with Crippen molar-refractivity contribution in [3.63, 3.8) is 0 Å². The Bertz CT molecular complexity index is 840. The van der Waals surface area contributed by atoms with E-state index in [1.54, 1.807) is 0 Å². The summed E-state index contributed by atoms with van der Waals surface area (Å²) in [4.78, 5) is 12.2. The van der Waals surface area contributed by atoms with Crippen LogP contribution in [0, 0.1) is 13.8 Å². The van der Waals surface area contributed by atoms with E-state index in [0.717, 1.165) is 11.1 Å². The first-order valence-corrected chi connectivity index (χ1v) is 8.37. The van der Waals surface area contributed by atoms with Gasteiger partial charge in [0.15, 0.2) is 0 Å². The van der Waals surface area contributed by atoms with Crippen LogP contribution < -0.4 is 15.2 Å². The van der Waals surface area contributed by atoms with Gasteiger partial charge >= 0.3 is 0 Å². The van der Waals surface area contributed by atoms with Gasteiger partial charge < -0.3 is 10.1 Å². The lowest BCUT2D eigenvalue weighted by molar-refractivity contribution is 0.102. The van der Waals surface area contributed by atoms with E-state index in [1.165, 1.54) is 25.3 Å². The molecule has 122 valence electrons. The van der Waals surface area contributed by atoms with Crippen LogP contribution in [0.25, 0.3) is 0 Å². The normalized spacial score (nSPS) is 11.1. The van der Waals surface area contributed by atoms with E-state index in [2.05, 4.69) is 5.32 Å². The zero-order chi connectivity index (χ0) is 17.2. The minimum absolute atomic E-state index is 0.0936. The number of carbonyl (C=O) groups excluding carboxylic acids is 1. The summed E-state index contributed by atoms with van der Waals surface area (Å²) >= 11 is 0. The van der Waals surface area contributed by atoms with Gasteiger partial charge in [-0.3, -0.25) is 4.79 Å². The fraction of sp³-hybridized carbons (Fsp3) is 0.188. The third-order valence-electron chi connectivity index (χ3n) is 3.45. The molecule has 2 aromatic rings. The van der Waals surface area contributed by atoms with Gasteiger partial charge in [-0.25, -0.2) is 13.6 Å². The molecule has 0 aliphatic rings. The lowest BCUT2D eigenvalue weighted by Gasteiger charge is -2.13. The van der Waals surface area contributed by atoms with Crippen molar-refractivity contribution in [3.8, 4) is 5.75 Å². The van der Waals surface area contributed by atoms with Crippen LogP contribution in [-0.2, 0) is 10.0 Å². The van der Waals surface area contributed by atoms with Gasteiger partial charge in [-0.1, -0.05) is 18.2 Å². The maximum absolute atomic E-state index is 12.4. The number of anilines is 1. The van der Waals surface area contributed by atoms with Gasteiger partial charge in [0, 0.05) is 11.3 Å². The van der Waals surface area contributed by atoms with E-state index in [4.69, 9.17) is 9.88 Å². The van der Waals surface area contributed by atoms with Crippen molar-refractivity contribution in [3.05, 3.63) is 53.1 Å². The van der Waals surface area contributed by atoms with Gasteiger partial charge in [0.05, 0.1) is 7.11 Å². The Morgan fingerprint density at radius 3 is 2.26 bits per heavy atom. The topological polar surface area (TPSA) is 98.5 Å². The van der Waals surface area contributed by atoms with Gasteiger partial charge in [0.25, 0.3) is 5.91 Å². The number of hydrogen-bond donors (Lipinski definition) is 2. The van der Waals surface area contributed by atoms with E-state index < -0.39 is 15.9 Å². The molecule has 0 unspecified atom stereocenters. The predicted octanol–water partition coefficient (Wildman–Crippen LogP) is 2.21. The van der Waals surface area contributed by atoms with E-state index >= 15 is 0 Å². The van der Waals surface area contributed by atoms with Crippen LogP contribution in [-0.4, -0.2) is 21.4 Å². The molecule has 6 nitrogen and oxygen atoms in total. The smallest absolute Gasteiger partial charge is 0.255 e. The highest BCUT2D eigenvalue weighted by atomic mass is 32.2. The molecular formula is C16H18N2O4S. The molecule has 2 rings (SSSR count). The van der Waals surface area contributed by atoms with Crippen LogP contribution in [0.15, 0.2) is 41.3 Å². The number of primary sulfonamides is 1. The Hall–Kier alpha value is -2.38. The lowest BCUT2D eigenvalue weighted by Crippen LogP contribution is -2.17. The van der Waals surface area contributed by atoms with Crippen LogP contribution in [0.5, 0.6) is 5.75 Å². The summed E-state index contributed by atoms with van der Waals surface area (Å²) < 4.78 is 28.2. The second-order valence-corrected chi connectivity index (χ2v) is 6.66. The highest BCUT2D eigenvalue weighted by molar-refractivity contribution is 7.89. The van der Waals surface area contributed by atoms with E-state index in [0.29, 0.717) is 5.69 Å². The number of sulfonamides is 1. The summed E-state index contributed by atoms with van der Waals surface area (Å²) in [5.74, 6) is -0.328. The molecule has 0 aromatic heterocycles. The molecule has 0 spiro atoms. The quantitative estimate of drug-likeness (QED) is 0.895. The van der Waals surface area contributed by atoms with Crippen molar-refractivity contribution in [1.29, 1.82) is 0 Å². The third-order valence-corrected chi connectivity index (χ3v) is 4.38. The van der Waals surface area contributed by atoms with Crippen LogP contribution in [0.4, 0.5) is 5.69 Å². The number of methoxy groups -OCH3 is 1. The molecule has 0 bridgehead atoms.